The number of benzene rings is 3. The molecule has 0 fully saturated rings. The van der Waals surface area contributed by atoms with E-state index in [1.54, 1.807) is 43.5 Å². The molecule has 4 aromatic rings. The number of aromatic nitrogens is 2. The van der Waals surface area contributed by atoms with Crippen molar-refractivity contribution in [1.82, 2.24) is 9.13 Å². The number of aryl methyl sites for hydroxylation is 2. The number of carbonyl (C=O) groups excluding carboxylic acids is 1. The van der Waals surface area contributed by atoms with Crippen LogP contribution in [0.1, 0.15) is 68.8 Å². The second-order valence-corrected chi connectivity index (χ2v) is 17.4. The van der Waals surface area contributed by atoms with Gasteiger partial charge >= 0.3 is 5.69 Å². The summed E-state index contributed by atoms with van der Waals surface area (Å²) in [4.78, 5) is 51.6. The predicted octanol–water partition coefficient (Wildman–Crippen LogP) is 6.24. The minimum atomic E-state index is -3.04. The number of carbonyl (C=O) groups is 1. The fraction of sp³-hybridized carbons (Fsp3) is 0.325. The van der Waals surface area contributed by atoms with Crippen molar-refractivity contribution in [2.75, 3.05) is 0 Å². The van der Waals surface area contributed by atoms with Gasteiger partial charge in [0.25, 0.3) is 19.8 Å². The Morgan fingerprint density at radius 2 is 1.47 bits per heavy atom. The topological polar surface area (TPSA) is 81.3 Å². The molecule has 5 rings (SSSR count). The molecule has 7 heteroatoms. The summed E-state index contributed by atoms with van der Waals surface area (Å²) in [6, 6.07) is 28.8. The summed E-state index contributed by atoms with van der Waals surface area (Å²) in [7, 11) is -3.04. The molecule has 0 saturated heterocycles. The maximum absolute atomic E-state index is 13.3. The van der Waals surface area contributed by atoms with Crippen LogP contribution >= 0.6 is 0 Å². The Morgan fingerprint density at radius 1 is 0.894 bits per heavy atom. The molecule has 0 saturated carbocycles. The van der Waals surface area contributed by atoms with Crippen molar-refractivity contribution in [3.8, 4) is 0 Å². The third-order valence-corrected chi connectivity index (χ3v) is 14.4. The van der Waals surface area contributed by atoms with E-state index in [4.69, 9.17) is 0 Å². The lowest BCUT2D eigenvalue weighted by atomic mass is 9.85. The number of nitrogens with zero attached hydrogens (tertiary/aromatic N) is 2. The Hall–Kier alpha value is -4.33. The van der Waals surface area contributed by atoms with Gasteiger partial charge < -0.3 is 4.80 Å². The number of rotatable bonds is 13. The summed E-state index contributed by atoms with van der Waals surface area (Å²) >= 11 is 0. The third kappa shape index (κ3) is 7.16. The molecule has 0 bridgehead atoms. The van der Waals surface area contributed by atoms with Crippen molar-refractivity contribution in [2.24, 2.45) is 11.8 Å². The Labute approximate surface area is 278 Å². The SMILES string of the molecule is Cc1cn(CCC[C@H]2C=CC=C2[C@@H](C)CCCC(C)(C)[Si](O)(c2ccccc2)c2ccccc2)c(=O)n(C(=O)c2ccccc2)c1=O. The summed E-state index contributed by atoms with van der Waals surface area (Å²) in [6.45, 7) is 8.80. The summed E-state index contributed by atoms with van der Waals surface area (Å²) in [5.74, 6) is 0.0589. The smallest absolute Gasteiger partial charge is 0.338 e. The van der Waals surface area contributed by atoms with Crippen LogP contribution in [0.15, 0.2) is 131 Å². The van der Waals surface area contributed by atoms with Crippen LogP contribution in [0.3, 0.4) is 0 Å². The first-order chi connectivity index (χ1) is 22.5. The van der Waals surface area contributed by atoms with Gasteiger partial charge in [0, 0.05) is 23.9 Å². The number of hydrogen-bond donors (Lipinski definition) is 1. The second-order valence-electron chi connectivity index (χ2n) is 13.5. The second kappa shape index (κ2) is 14.6. The minimum Gasteiger partial charge on any atom is -0.424 e. The van der Waals surface area contributed by atoms with Crippen molar-refractivity contribution < 1.29 is 9.59 Å². The van der Waals surface area contributed by atoms with Crippen LogP contribution in [0.4, 0.5) is 0 Å². The molecule has 1 aromatic heterocycles. The summed E-state index contributed by atoms with van der Waals surface area (Å²) in [5.41, 5.74) is 0.891. The molecule has 1 aliphatic rings. The Bertz CT molecular complexity index is 1820. The molecule has 2 atom stereocenters. The van der Waals surface area contributed by atoms with Gasteiger partial charge in [0.1, 0.15) is 0 Å². The van der Waals surface area contributed by atoms with E-state index in [0.717, 1.165) is 47.0 Å². The summed E-state index contributed by atoms with van der Waals surface area (Å²) in [5, 5.41) is 1.81. The first-order valence-electron chi connectivity index (χ1n) is 16.7. The molecule has 1 heterocycles. The molecule has 0 aliphatic heterocycles. The van der Waals surface area contributed by atoms with E-state index in [0.29, 0.717) is 23.6 Å². The van der Waals surface area contributed by atoms with Crippen LogP contribution in [0.25, 0.3) is 0 Å². The van der Waals surface area contributed by atoms with E-state index in [-0.39, 0.29) is 11.0 Å². The summed E-state index contributed by atoms with van der Waals surface area (Å²) in [6.07, 6.45) is 12.7. The number of allylic oxidation sites excluding steroid dienone is 4. The van der Waals surface area contributed by atoms with Gasteiger partial charge in [-0.15, -0.1) is 0 Å². The molecule has 1 aliphatic carbocycles. The molecule has 244 valence electrons. The molecule has 0 amide bonds. The van der Waals surface area contributed by atoms with Gasteiger partial charge in [-0.25, -0.2) is 4.79 Å². The van der Waals surface area contributed by atoms with Gasteiger partial charge in [0.2, 0.25) is 0 Å². The van der Waals surface area contributed by atoms with Crippen LogP contribution in [0.2, 0.25) is 5.04 Å². The molecular weight excluding hydrogens is 601 g/mol. The normalized spacial score (nSPS) is 15.4. The fourth-order valence-corrected chi connectivity index (χ4v) is 10.9. The van der Waals surface area contributed by atoms with E-state index in [9.17, 15) is 19.2 Å². The van der Waals surface area contributed by atoms with Gasteiger partial charge in [0.05, 0.1) is 0 Å². The first kappa shape index (κ1) is 34.0. The van der Waals surface area contributed by atoms with Crippen LogP contribution < -0.4 is 21.6 Å². The zero-order chi connectivity index (χ0) is 33.6. The van der Waals surface area contributed by atoms with Crippen molar-refractivity contribution in [3.05, 3.63) is 153 Å². The zero-order valence-corrected chi connectivity index (χ0v) is 28.9. The van der Waals surface area contributed by atoms with Crippen molar-refractivity contribution in [2.45, 2.75) is 71.4 Å². The van der Waals surface area contributed by atoms with Crippen LogP contribution in [0, 0.1) is 18.8 Å². The van der Waals surface area contributed by atoms with E-state index >= 15 is 0 Å². The summed E-state index contributed by atoms with van der Waals surface area (Å²) < 4.78 is 2.25. The van der Waals surface area contributed by atoms with E-state index < -0.39 is 25.5 Å². The van der Waals surface area contributed by atoms with Crippen LogP contribution in [-0.2, 0) is 6.54 Å². The van der Waals surface area contributed by atoms with Crippen molar-refractivity contribution in [3.63, 3.8) is 0 Å². The van der Waals surface area contributed by atoms with Gasteiger partial charge in [-0.05, 0) is 72.0 Å². The van der Waals surface area contributed by atoms with Crippen LogP contribution in [0.5, 0.6) is 0 Å². The predicted molar refractivity (Wildman–Crippen MR) is 193 cm³/mol. The largest absolute Gasteiger partial charge is 0.424 e. The van der Waals surface area contributed by atoms with Gasteiger partial charge in [-0.2, -0.15) is 4.57 Å². The van der Waals surface area contributed by atoms with Crippen molar-refractivity contribution in [1.29, 1.82) is 0 Å². The van der Waals surface area contributed by atoms with Gasteiger partial charge in [0.15, 0.2) is 0 Å². The van der Waals surface area contributed by atoms with E-state index in [1.807, 2.05) is 36.4 Å². The minimum absolute atomic E-state index is 0.277. The van der Waals surface area contributed by atoms with Gasteiger partial charge in [-0.1, -0.05) is 130 Å². The fourth-order valence-electron chi connectivity index (χ4n) is 7.10. The monoisotopic (exact) mass is 646 g/mol. The van der Waals surface area contributed by atoms with E-state index in [2.05, 4.69) is 63.3 Å². The van der Waals surface area contributed by atoms with E-state index in [1.165, 1.54) is 10.1 Å². The quantitative estimate of drug-likeness (QED) is 0.175. The molecular formula is C40H46N2O4Si. The molecule has 1 N–H and O–H groups in total. The molecule has 0 unspecified atom stereocenters. The van der Waals surface area contributed by atoms with Gasteiger partial charge in [-0.3, -0.25) is 14.2 Å². The van der Waals surface area contributed by atoms with Crippen molar-refractivity contribution >= 4 is 24.6 Å². The highest BCUT2D eigenvalue weighted by molar-refractivity contribution is 6.98. The average Bonchev–Trinajstić information content (AvgIpc) is 3.56. The Balaban J connectivity index is 1.21. The maximum atomic E-state index is 13.3. The molecule has 6 nitrogen and oxygen atoms in total. The lowest BCUT2D eigenvalue weighted by Crippen LogP contribution is -2.65. The highest BCUT2D eigenvalue weighted by Gasteiger charge is 2.49. The highest BCUT2D eigenvalue weighted by Crippen LogP contribution is 2.41. The standard InChI is InChI=1S/C40H46N2O4Si/c1-30(17-15-27-40(3,4)47(46,34-22-10-6-11-23-34)35-24-12-7-13-25-35)36-26-14-20-32(36)21-16-28-41-29-31(2)37(43)42(39(41)45)38(44)33-18-8-5-9-19-33/h5-14,18-20,22-26,29-30,32,46H,15-17,21,27-28H2,1-4H3/t30-,32+/m0/s1. The molecule has 3 aromatic carbocycles. The maximum Gasteiger partial charge on any atom is 0.338 e. The molecule has 0 radical (unpaired) electrons. The Kier molecular flexibility index (Phi) is 10.6. The number of hydrogen-bond acceptors (Lipinski definition) is 4. The zero-order valence-electron chi connectivity index (χ0n) is 27.9. The first-order valence-corrected chi connectivity index (χ1v) is 18.6. The van der Waals surface area contributed by atoms with Crippen LogP contribution in [-0.4, -0.2) is 28.2 Å². The third-order valence-electron chi connectivity index (χ3n) is 9.90. The molecule has 47 heavy (non-hydrogen) atoms. The highest BCUT2D eigenvalue weighted by atomic mass is 28.4. The lowest BCUT2D eigenvalue weighted by Gasteiger charge is -2.41. The molecule has 0 spiro atoms. The average molecular weight is 647 g/mol. The lowest BCUT2D eigenvalue weighted by molar-refractivity contribution is 0.0948. The Morgan fingerprint density at radius 3 is 2.06 bits per heavy atom.